The topological polar surface area (TPSA) is 68.0 Å². The number of fused-ring (bicyclic) bond motifs is 1. The second kappa shape index (κ2) is 6.29. The van der Waals surface area contributed by atoms with Gasteiger partial charge in [-0.1, -0.05) is 70.6 Å². The molecule has 1 N–H and O–H groups in total. The first-order valence-corrected chi connectivity index (χ1v) is 7.53. The minimum atomic E-state index is 0.456. The first-order chi connectivity index (χ1) is 11.9. The van der Waals surface area contributed by atoms with Crippen molar-refractivity contribution in [1.82, 2.24) is 20.3 Å². The number of hydrogen-bond acceptors (Lipinski definition) is 5. The van der Waals surface area contributed by atoms with E-state index in [4.69, 9.17) is 0 Å². The summed E-state index contributed by atoms with van der Waals surface area (Å²) in [5, 5.41) is 21.4. The van der Waals surface area contributed by atoms with E-state index in [9.17, 15) is 0 Å². The average Bonchev–Trinajstić information content (AvgIpc) is 3.08. The molecule has 24 heavy (non-hydrogen) atoms. The smallest absolute Gasteiger partial charge is 0.269 e. The number of hydrogen-bond donors (Lipinski definition) is 1. The van der Waals surface area contributed by atoms with Gasteiger partial charge in [0.15, 0.2) is 0 Å². The van der Waals surface area contributed by atoms with Crippen LogP contribution < -0.4 is 5.32 Å². The van der Waals surface area contributed by atoms with Crippen LogP contribution in [0.2, 0.25) is 0 Å². The molecule has 0 spiro atoms. The molecule has 0 aliphatic heterocycles. The number of anilines is 2. The zero-order valence-corrected chi connectivity index (χ0v) is 12.7. The molecule has 1 aromatic heterocycles. The van der Waals surface area contributed by atoms with Crippen molar-refractivity contribution in [2.45, 2.75) is 0 Å². The van der Waals surface area contributed by atoms with E-state index in [2.05, 4.69) is 44.1 Å². The van der Waals surface area contributed by atoms with Crippen LogP contribution in [0.1, 0.15) is 5.56 Å². The highest BCUT2D eigenvalue weighted by Gasteiger charge is 2.05. The third kappa shape index (κ3) is 2.85. The maximum Gasteiger partial charge on any atom is 0.269 e. The normalized spacial score (nSPS) is 11.2. The molecule has 3 aromatic carbocycles. The Labute approximate surface area is 138 Å². The third-order valence-corrected chi connectivity index (χ3v) is 3.61. The van der Waals surface area contributed by atoms with Gasteiger partial charge in [0.25, 0.3) is 5.95 Å². The van der Waals surface area contributed by atoms with Crippen LogP contribution in [0.25, 0.3) is 10.8 Å². The lowest BCUT2D eigenvalue weighted by atomic mass is 10.1. The Hall–Kier alpha value is -3.54. The molecule has 0 fully saturated rings. The summed E-state index contributed by atoms with van der Waals surface area (Å²) in [6, 6.07) is 24.0. The lowest BCUT2D eigenvalue weighted by Crippen LogP contribution is -2.01. The van der Waals surface area contributed by atoms with Gasteiger partial charge in [0.2, 0.25) is 0 Å². The number of rotatable bonds is 4. The molecule has 0 aliphatic carbocycles. The van der Waals surface area contributed by atoms with E-state index >= 15 is 0 Å². The fraction of sp³-hybridized carbons (Fsp3) is 0. The minimum Gasteiger partial charge on any atom is -0.321 e. The lowest BCUT2D eigenvalue weighted by molar-refractivity contribution is 0.699. The molecule has 6 nitrogen and oxygen atoms in total. The van der Waals surface area contributed by atoms with Crippen LogP contribution in [0, 0.1) is 0 Å². The highest BCUT2D eigenvalue weighted by molar-refractivity contribution is 5.99. The van der Waals surface area contributed by atoms with Crippen molar-refractivity contribution in [3.63, 3.8) is 0 Å². The highest BCUT2D eigenvalue weighted by atomic mass is 15.7. The van der Waals surface area contributed by atoms with Gasteiger partial charge in [-0.05, 0) is 33.3 Å². The van der Waals surface area contributed by atoms with E-state index in [1.165, 1.54) is 10.2 Å². The summed E-state index contributed by atoms with van der Waals surface area (Å²) in [6.45, 7) is 0. The number of aromatic nitrogens is 4. The predicted molar refractivity (Wildman–Crippen MR) is 94.5 cm³/mol. The number of nitrogens with one attached hydrogen (secondary N) is 1. The number of benzene rings is 3. The SMILES string of the molecule is C(=Nn1nnnc1Nc1ccccc1)c1cccc2ccccc12. The molecule has 0 radical (unpaired) electrons. The Morgan fingerprint density at radius 1 is 0.875 bits per heavy atom. The molecular weight excluding hydrogens is 300 g/mol. The largest absolute Gasteiger partial charge is 0.321 e. The van der Waals surface area contributed by atoms with E-state index in [-0.39, 0.29) is 0 Å². The Balaban J connectivity index is 1.64. The standard InChI is InChI=1S/C18H14N6/c1-2-10-16(11-3-1)20-18-21-22-23-24(18)19-13-15-9-6-8-14-7-4-5-12-17(14)15/h1-13H,(H,20,21,23). The molecule has 0 unspecified atom stereocenters. The van der Waals surface area contributed by atoms with Crippen LogP contribution in [-0.2, 0) is 0 Å². The quantitative estimate of drug-likeness (QED) is 0.586. The van der Waals surface area contributed by atoms with Gasteiger partial charge in [0, 0.05) is 11.3 Å². The molecule has 0 aliphatic rings. The molecule has 0 bridgehead atoms. The van der Waals surface area contributed by atoms with E-state index in [0.29, 0.717) is 5.95 Å². The third-order valence-electron chi connectivity index (χ3n) is 3.61. The number of tetrazole rings is 1. The van der Waals surface area contributed by atoms with Gasteiger partial charge in [-0.15, -0.1) is 0 Å². The van der Waals surface area contributed by atoms with Crippen LogP contribution in [0.4, 0.5) is 11.6 Å². The molecular formula is C18H14N6. The Morgan fingerprint density at radius 2 is 1.67 bits per heavy atom. The molecule has 116 valence electrons. The maximum atomic E-state index is 4.38. The van der Waals surface area contributed by atoms with Crippen molar-refractivity contribution in [3.8, 4) is 0 Å². The Bertz CT molecular complexity index is 985. The van der Waals surface area contributed by atoms with Crippen LogP contribution in [-0.4, -0.2) is 26.5 Å². The first-order valence-electron chi connectivity index (χ1n) is 7.53. The number of para-hydroxylation sites is 1. The molecule has 0 amide bonds. The predicted octanol–water partition coefficient (Wildman–Crippen LogP) is 3.45. The first kappa shape index (κ1) is 14.1. The molecule has 6 heteroatoms. The van der Waals surface area contributed by atoms with Gasteiger partial charge in [-0.25, -0.2) is 0 Å². The van der Waals surface area contributed by atoms with Gasteiger partial charge in [-0.3, -0.25) is 0 Å². The van der Waals surface area contributed by atoms with Gasteiger partial charge >= 0.3 is 0 Å². The average molecular weight is 314 g/mol. The Morgan fingerprint density at radius 3 is 2.58 bits per heavy atom. The highest BCUT2D eigenvalue weighted by Crippen LogP contribution is 2.17. The van der Waals surface area contributed by atoms with Crippen LogP contribution in [0.5, 0.6) is 0 Å². The van der Waals surface area contributed by atoms with Crippen molar-refractivity contribution in [2.75, 3.05) is 5.32 Å². The second-order valence-corrected chi connectivity index (χ2v) is 5.20. The molecule has 1 heterocycles. The van der Waals surface area contributed by atoms with Gasteiger partial charge in [-0.2, -0.15) is 5.10 Å². The minimum absolute atomic E-state index is 0.456. The van der Waals surface area contributed by atoms with E-state index in [0.717, 1.165) is 16.6 Å². The number of nitrogens with zero attached hydrogens (tertiary/aromatic N) is 5. The fourth-order valence-electron chi connectivity index (χ4n) is 2.47. The summed E-state index contributed by atoms with van der Waals surface area (Å²) in [6.07, 6.45) is 1.76. The maximum absolute atomic E-state index is 4.38. The zero-order valence-electron chi connectivity index (χ0n) is 12.7. The molecule has 0 saturated carbocycles. The summed E-state index contributed by atoms with van der Waals surface area (Å²) < 4.78 is 0. The summed E-state index contributed by atoms with van der Waals surface area (Å²) in [7, 11) is 0. The van der Waals surface area contributed by atoms with Crippen molar-refractivity contribution < 1.29 is 0 Å². The molecule has 4 aromatic rings. The van der Waals surface area contributed by atoms with E-state index < -0.39 is 0 Å². The van der Waals surface area contributed by atoms with Crippen molar-refractivity contribution >= 4 is 28.6 Å². The fourth-order valence-corrected chi connectivity index (χ4v) is 2.47. The molecule has 0 saturated heterocycles. The molecule has 0 atom stereocenters. The van der Waals surface area contributed by atoms with E-state index in [1.54, 1.807) is 6.21 Å². The van der Waals surface area contributed by atoms with Gasteiger partial charge < -0.3 is 5.32 Å². The zero-order chi connectivity index (χ0) is 16.2. The van der Waals surface area contributed by atoms with Crippen molar-refractivity contribution in [2.24, 2.45) is 5.10 Å². The summed E-state index contributed by atoms with van der Waals surface area (Å²) in [5.74, 6) is 0.456. The Kier molecular flexibility index (Phi) is 3.69. The monoisotopic (exact) mass is 314 g/mol. The summed E-state index contributed by atoms with van der Waals surface area (Å²) >= 11 is 0. The van der Waals surface area contributed by atoms with Crippen LogP contribution in [0.15, 0.2) is 77.9 Å². The van der Waals surface area contributed by atoms with Gasteiger partial charge in [0.05, 0.1) is 6.21 Å². The van der Waals surface area contributed by atoms with Crippen molar-refractivity contribution in [3.05, 3.63) is 78.4 Å². The van der Waals surface area contributed by atoms with Crippen LogP contribution >= 0.6 is 0 Å². The second-order valence-electron chi connectivity index (χ2n) is 5.20. The van der Waals surface area contributed by atoms with E-state index in [1.807, 2.05) is 54.6 Å². The summed E-state index contributed by atoms with van der Waals surface area (Å²) in [4.78, 5) is 1.37. The van der Waals surface area contributed by atoms with Crippen LogP contribution in [0.3, 0.4) is 0 Å². The lowest BCUT2D eigenvalue weighted by Gasteiger charge is -2.03. The van der Waals surface area contributed by atoms with Crippen molar-refractivity contribution in [1.29, 1.82) is 0 Å². The van der Waals surface area contributed by atoms with Gasteiger partial charge in [0.1, 0.15) is 0 Å². The molecule has 4 rings (SSSR count). The summed E-state index contributed by atoms with van der Waals surface area (Å²) in [5.41, 5.74) is 1.91.